The third kappa shape index (κ3) is 5.84. The molecule has 0 fully saturated rings. The van der Waals surface area contributed by atoms with E-state index in [0.717, 1.165) is 5.56 Å². The Labute approximate surface area is 193 Å². The van der Waals surface area contributed by atoms with Crippen molar-refractivity contribution in [1.82, 2.24) is 10.2 Å². The molecule has 2 aromatic carbocycles. The van der Waals surface area contributed by atoms with Crippen LogP contribution in [0.1, 0.15) is 20.8 Å². The van der Waals surface area contributed by atoms with Crippen molar-refractivity contribution in [3.63, 3.8) is 0 Å². The summed E-state index contributed by atoms with van der Waals surface area (Å²) in [6, 6.07) is 7.30. The van der Waals surface area contributed by atoms with Crippen LogP contribution in [0.4, 0.5) is 4.39 Å². The number of hydrogen-bond donors (Lipinski definition) is 2. The maximum atomic E-state index is 14.5. The first kappa shape index (κ1) is 23.7. The van der Waals surface area contributed by atoms with Crippen molar-refractivity contribution in [3.05, 3.63) is 46.2 Å². The number of aromatic nitrogens is 2. The van der Waals surface area contributed by atoms with Crippen LogP contribution in [-0.2, 0) is 0 Å². The molecule has 0 bridgehead atoms. The summed E-state index contributed by atoms with van der Waals surface area (Å²) in [6.45, 7) is 5.32. The van der Waals surface area contributed by atoms with E-state index in [-0.39, 0.29) is 23.5 Å². The van der Waals surface area contributed by atoms with Gasteiger partial charge in [-0.2, -0.15) is 0 Å². The molecule has 0 aliphatic carbocycles. The highest BCUT2D eigenvalue weighted by molar-refractivity contribution is 7.18. The van der Waals surface area contributed by atoms with Crippen molar-refractivity contribution in [2.24, 2.45) is 5.73 Å². The Morgan fingerprint density at radius 2 is 1.77 bits per heavy atom. The molecule has 0 saturated heterocycles. The van der Waals surface area contributed by atoms with Gasteiger partial charge < -0.3 is 20.3 Å². The molecule has 6 nitrogen and oxygen atoms in total. The lowest BCUT2D eigenvalue weighted by atomic mass is 10.2. The SMILES string of the molecule is CC(C)Oc1ccc(-c2nnc(-c3cc(F)c(OC[C@@H](N)[C@@H](C)O)cc3Cl)s2)cc1Cl. The smallest absolute Gasteiger partial charge is 0.165 e. The van der Waals surface area contributed by atoms with E-state index in [9.17, 15) is 9.50 Å². The van der Waals surface area contributed by atoms with Gasteiger partial charge in [0.05, 0.1) is 28.3 Å². The molecule has 0 radical (unpaired) electrons. The van der Waals surface area contributed by atoms with E-state index in [1.165, 1.54) is 30.4 Å². The van der Waals surface area contributed by atoms with E-state index in [0.29, 0.717) is 26.4 Å². The van der Waals surface area contributed by atoms with E-state index in [1.807, 2.05) is 19.9 Å². The second-order valence-electron chi connectivity index (χ2n) is 7.20. The fourth-order valence-electron chi connectivity index (χ4n) is 2.56. The predicted octanol–water partition coefficient (Wildman–Crippen LogP) is 5.19. The van der Waals surface area contributed by atoms with Gasteiger partial charge >= 0.3 is 0 Å². The largest absolute Gasteiger partial charge is 0.489 e. The molecular formula is C21H22Cl2FN3O3S. The van der Waals surface area contributed by atoms with Gasteiger partial charge in [0.2, 0.25) is 0 Å². The van der Waals surface area contributed by atoms with Crippen LogP contribution < -0.4 is 15.2 Å². The monoisotopic (exact) mass is 485 g/mol. The number of ether oxygens (including phenoxy) is 2. The van der Waals surface area contributed by atoms with Gasteiger partial charge in [-0.3, -0.25) is 0 Å². The quantitative estimate of drug-likeness (QED) is 0.456. The van der Waals surface area contributed by atoms with Crippen molar-refractivity contribution >= 4 is 34.5 Å². The first-order valence-electron chi connectivity index (χ1n) is 9.51. The summed E-state index contributed by atoms with van der Waals surface area (Å²) in [6.07, 6.45) is -0.777. The summed E-state index contributed by atoms with van der Waals surface area (Å²) in [5, 5.41) is 19.5. The number of aliphatic hydroxyl groups is 1. The summed E-state index contributed by atoms with van der Waals surface area (Å²) < 4.78 is 25.5. The molecule has 0 spiro atoms. The summed E-state index contributed by atoms with van der Waals surface area (Å²) >= 11 is 13.9. The Kier molecular flexibility index (Phi) is 7.72. The van der Waals surface area contributed by atoms with E-state index < -0.39 is 18.0 Å². The fraction of sp³-hybridized carbons (Fsp3) is 0.333. The Morgan fingerprint density at radius 1 is 1.06 bits per heavy atom. The molecule has 0 unspecified atom stereocenters. The minimum atomic E-state index is -0.780. The van der Waals surface area contributed by atoms with Crippen LogP contribution in [-0.4, -0.2) is 40.2 Å². The first-order chi connectivity index (χ1) is 14.7. The zero-order valence-electron chi connectivity index (χ0n) is 17.1. The standard InChI is InChI=1S/C21H22Cl2FN3O3S/c1-10(2)30-18-5-4-12(6-15(18)23)20-26-27-21(31-20)13-7-16(24)19(8-14(13)22)29-9-17(25)11(3)28/h4-8,10-11,17,28H,9,25H2,1-3H3/t11-,17-/m1/s1. The van der Waals surface area contributed by atoms with Gasteiger partial charge in [0.1, 0.15) is 22.4 Å². The Morgan fingerprint density at radius 3 is 2.42 bits per heavy atom. The zero-order chi connectivity index (χ0) is 22.7. The van der Waals surface area contributed by atoms with Gasteiger partial charge in [0.25, 0.3) is 0 Å². The summed E-state index contributed by atoms with van der Waals surface area (Å²) in [4.78, 5) is 0. The molecular weight excluding hydrogens is 464 g/mol. The van der Waals surface area contributed by atoms with Crippen LogP contribution >= 0.6 is 34.5 Å². The molecule has 0 saturated carbocycles. The summed E-state index contributed by atoms with van der Waals surface area (Å²) in [5.41, 5.74) is 6.86. The van der Waals surface area contributed by atoms with Crippen LogP contribution in [0.5, 0.6) is 11.5 Å². The van der Waals surface area contributed by atoms with Gasteiger partial charge in [-0.15, -0.1) is 10.2 Å². The number of benzene rings is 2. The number of aliphatic hydroxyl groups excluding tert-OH is 1. The summed E-state index contributed by atoms with van der Waals surface area (Å²) in [7, 11) is 0. The average molecular weight is 486 g/mol. The molecule has 0 amide bonds. The molecule has 10 heteroatoms. The van der Waals surface area contributed by atoms with Crippen LogP contribution in [0.2, 0.25) is 10.0 Å². The van der Waals surface area contributed by atoms with Gasteiger partial charge in [-0.25, -0.2) is 4.39 Å². The zero-order valence-corrected chi connectivity index (χ0v) is 19.4. The lowest BCUT2D eigenvalue weighted by Gasteiger charge is -2.16. The lowest BCUT2D eigenvalue weighted by Crippen LogP contribution is -2.38. The van der Waals surface area contributed by atoms with E-state index >= 15 is 0 Å². The van der Waals surface area contributed by atoms with Gasteiger partial charge in [0, 0.05) is 17.2 Å². The minimum absolute atomic E-state index is 0.00301. The third-order valence-electron chi connectivity index (χ3n) is 4.27. The maximum Gasteiger partial charge on any atom is 0.165 e. The first-order valence-corrected chi connectivity index (χ1v) is 11.1. The van der Waals surface area contributed by atoms with E-state index in [2.05, 4.69) is 10.2 Å². The molecule has 31 heavy (non-hydrogen) atoms. The molecule has 2 atom stereocenters. The van der Waals surface area contributed by atoms with Crippen LogP contribution in [0.3, 0.4) is 0 Å². The van der Waals surface area contributed by atoms with Crippen LogP contribution in [0.25, 0.3) is 21.1 Å². The summed E-state index contributed by atoms with van der Waals surface area (Å²) in [5.74, 6) is -0.0875. The van der Waals surface area contributed by atoms with Gasteiger partial charge in [-0.05, 0) is 45.0 Å². The maximum absolute atomic E-state index is 14.5. The molecule has 0 aliphatic rings. The normalized spacial score (nSPS) is 13.3. The molecule has 0 aliphatic heterocycles. The van der Waals surface area contributed by atoms with Crippen molar-refractivity contribution in [1.29, 1.82) is 0 Å². The minimum Gasteiger partial charge on any atom is -0.489 e. The molecule has 3 aromatic rings. The van der Waals surface area contributed by atoms with Gasteiger partial charge in [-0.1, -0.05) is 34.5 Å². The molecule has 166 valence electrons. The van der Waals surface area contributed by atoms with E-state index in [4.69, 9.17) is 38.4 Å². The van der Waals surface area contributed by atoms with E-state index in [1.54, 1.807) is 12.1 Å². The predicted molar refractivity (Wildman–Crippen MR) is 122 cm³/mol. The number of halogens is 3. The number of nitrogens with two attached hydrogens (primary N) is 1. The third-order valence-corrected chi connectivity index (χ3v) is 5.88. The lowest BCUT2D eigenvalue weighted by molar-refractivity contribution is 0.129. The van der Waals surface area contributed by atoms with Crippen molar-refractivity contribution in [3.8, 4) is 32.6 Å². The Balaban J connectivity index is 1.82. The highest BCUT2D eigenvalue weighted by Crippen LogP contribution is 2.38. The Bertz CT molecular complexity index is 1060. The molecule has 1 aromatic heterocycles. The second kappa shape index (κ2) is 10.1. The molecule has 3 rings (SSSR count). The molecule has 3 N–H and O–H groups in total. The van der Waals surface area contributed by atoms with Crippen molar-refractivity contribution in [2.45, 2.75) is 39.0 Å². The highest BCUT2D eigenvalue weighted by Gasteiger charge is 2.18. The molecule has 1 heterocycles. The van der Waals surface area contributed by atoms with Crippen molar-refractivity contribution in [2.75, 3.05) is 6.61 Å². The fourth-order valence-corrected chi connectivity index (χ4v) is 3.95. The number of nitrogens with zero attached hydrogens (tertiary/aromatic N) is 2. The topological polar surface area (TPSA) is 90.5 Å². The number of hydrogen-bond acceptors (Lipinski definition) is 7. The van der Waals surface area contributed by atoms with Gasteiger partial charge in [0.15, 0.2) is 11.6 Å². The number of rotatable bonds is 8. The average Bonchev–Trinajstić information content (AvgIpc) is 3.19. The second-order valence-corrected chi connectivity index (χ2v) is 8.99. The van der Waals surface area contributed by atoms with Crippen molar-refractivity contribution < 1.29 is 19.0 Å². The Hall–Kier alpha value is -1.97. The highest BCUT2D eigenvalue weighted by atomic mass is 35.5. The van der Waals surface area contributed by atoms with Crippen LogP contribution in [0, 0.1) is 5.82 Å². The van der Waals surface area contributed by atoms with Crippen LogP contribution in [0.15, 0.2) is 30.3 Å².